The first-order chi connectivity index (χ1) is 10.2. The second-order valence-electron chi connectivity index (χ2n) is 4.60. The summed E-state index contributed by atoms with van der Waals surface area (Å²) in [6.45, 7) is 0.244. The molecule has 0 aliphatic carbocycles. The first kappa shape index (κ1) is 13.1. The Morgan fingerprint density at radius 3 is 2.86 bits per heavy atom. The highest BCUT2D eigenvalue weighted by Crippen LogP contribution is 2.34. The van der Waals surface area contributed by atoms with Crippen molar-refractivity contribution in [3.05, 3.63) is 53.9 Å². The summed E-state index contributed by atoms with van der Waals surface area (Å²) in [5.41, 5.74) is 0.799. The highest BCUT2D eigenvalue weighted by Gasteiger charge is 2.30. The Morgan fingerprint density at radius 2 is 2.05 bits per heavy atom. The third-order valence-electron chi connectivity index (χ3n) is 3.28. The van der Waals surface area contributed by atoms with Crippen molar-refractivity contribution in [1.29, 1.82) is 0 Å². The van der Waals surface area contributed by atoms with Crippen LogP contribution in [0.5, 0.6) is 5.75 Å². The summed E-state index contributed by atoms with van der Waals surface area (Å²) in [7, 11) is 0. The number of benzene rings is 1. The Bertz CT molecular complexity index is 714. The number of pyridine rings is 1. The van der Waals surface area contributed by atoms with Gasteiger partial charge in [0.1, 0.15) is 18.3 Å². The number of carboxylic acid groups (broad SMARTS) is 1. The fraction of sp³-hybridized carbons (Fsp3) is 0.133. The molecule has 1 aliphatic heterocycles. The monoisotopic (exact) mass is 284 g/mol. The lowest BCUT2D eigenvalue weighted by molar-refractivity contribution is -0.117. The Labute approximate surface area is 120 Å². The van der Waals surface area contributed by atoms with Gasteiger partial charge in [-0.1, -0.05) is 18.2 Å². The van der Waals surface area contributed by atoms with Crippen molar-refractivity contribution in [2.75, 3.05) is 11.9 Å². The van der Waals surface area contributed by atoms with E-state index in [-0.39, 0.29) is 23.9 Å². The molecule has 1 aliphatic rings. The number of carboxylic acids is 1. The van der Waals surface area contributed by atoms with Crippen molar-refractivity contribution in [3.8, 4) is 5.75 Å². The largest absolute Gasteiger partial charge is 0.492 e. The van der Waals surface area contributed by atoms with Crippen LogP contribution < -0.4 is 10.1 Å². The van der Waals surface area contributed by atoms with Gasteiger partial charge in [-0.3, -0.25) is 4.79 Å². The highest BCUT2D eigenvalue weighted by molar-refractivity contribution is 6.02. The summed E-state index contributed by atoms with van der Waals surface area (Å²) < 4.78 is 5.45. The number of carbonyl (C=O) groups excluding carboxylic acids is 1. The van der Waals surface area contributed by atoms with Crippen LogP contribution in [0.15, 0.2) is 42.6 Å². The number of carbonyl (C=O) groups is 2. The molecule has 0 spiro atoms. The fourth-order valence-corrected chi connectivity index (χ4v) is 2.28. The molecular weight excluding hydrogens is 272 g/mol. The van der Waals surface area contributed by atoms with Gasteiger partial charge in [0.15, 0.2) is 5.69 Å². The lowest BCUT2D eigenvalue weighted by atomic mass is 10.0. The van der Waals surface area contributed by atoms with Crippen LogP contribution in [0, 0.1) is 0 Å². The average Bonchev–Trinajstić information content (AvgIpc) is 2.91. The lowest BCUT2D eigenvalue weighted by Gasteiger charge is -2.11. The third kappa shape index (κ3) is 2.43. The molecule has 1 aromatic heterocycles. The number of nitrogens with zero attached hydrogens (tertiary/aromatic N) is 1. The number of fused-ring (bicyclic) bond motifs is 1. The number of para-hydroxylation sites is 1. The summed E-state index contributed by atoms with van der Waals surface area (Å²) in [5, 5.41) is 11.7. The summed E-state index contributed by atoms with van der Waals surface area (Å²) in [6, 6.07) is 10.4. The zero-order chi connectivity index (χ0) is 14.8. The molecule has 2 aromatic rings. The van der Waals surface area contributed by atoms with E-state index in [9.17, 15) is 9.59 Å². The Hall–Kier alpha value is -2.89. The van der Waals surface area contributed by atoms with Crippen molar-refractivity contribution in [2.24, 2.45) is 0 Å². The number of hydrogen-bond acceptors (Lipinski definition) is 4. The van der Waals surface area contributed by atoms with Crippen LogP contribution in [0.1, 0.15) is 22.0 Å². The molecule has 1 amide bonds. The van der Waals surface area contributed by atoms with Crippen molar-refractivity contribution < 1.29 is 19.4 Å². The molecule has 21 heavy (non-hydrogen) atoms. The minimum atomic E-state index is -1.19. The molecule has 3 rings (SSSR count). The van der Waals surface area contributed by atoms with Crippen LogP contribution >= 0.6 is 0 Å². The van der Waals surface area contributed by atoms with E-state index in [4.69, 9.17) is 9.84 Å². The van der Waals surface area contributed by atoms with E-state index in [1.165, 1.54) is 12.3 Å². The standard InChI is InChI=1S/C15H12N2O4/c18-14(10-8-21-12-6-2-1-4-9(10)12)17-11-5-3-7-16-13(11)15(19)20/h1-7,10H,8H2,(H,17,18)(H,19,20). The average molecular weight is 284 g/mol. The smallest absolute Gasteiger partial charge is 0.356 e. The predicted molar refractivity (Wildman–Crippen MR) is 74.5 cm³/mol. The number of anilines is 1. The first-order valence-corrected chi connectivity index (χ1v) is 6.37. The van der Waals surface area contributed by atoms with E-state index in [1.54, 1.807) is 12.1 Å². The van der Waals surface area contributed by atoms with Crippen molar-refractivity contribution in [1.82, 2.24) is 4.98 Å². The molecule has 2 heterocycles. The summed E-state index contributed by atoms with van der Waals surface area (Å²) in [6.07, 6.45) is 1.37. The summed E-state index contributed by atoms with van der Waals surface area (Å²) in [5.74, 6) is -1.27. The van der Waals surface area contributed by atoms with Crippen molar-refractivity contribution >= 4 is 17.6 Å². The van der Waals surface area contributed by atoms with Gasteiger partial charge in [-0.25, -0.2) is 9.78 Å². The van der Waals surface area contributed by atoms with E-state index in [1.807, 2.05) is 18.2 Å². The van der Waals surface area contributed by atoms with Crippen LogP contribution in [0.4, 0.5) is 5.69 Å². The van der Waals surface area contributed by atoms with E-state index >= 15 is 0 Å². The molecule has 106 valence electrons. The molecule has 6 heteroatoms. The summed E-state index contributed by atoms with van der Waals surface area (Å²) >= 11 is 0. The molecule has 1 aromatic carbocycles. The maximum Gasteiger partial charge on any atom is 0.356 e. The van der Waals surface area contributed by atoms with E-state index in [0.717, 1.165) is 5.56 Å². The molecular formula is C15H12N2O4. The van der Waals surface area contributed by atoms with Gasteiger partial charge >= 0.3 is 5.97 Å². The molecule has 0 saturated carbocycles. The van der Waals surface area contributed by atoms with Crippen LogP contribution in [-0.2, 0) is 4.79 Å². The van der Waals surface area contributed by atoms with Gasteiger partial charge in [-0.2, -0.15) is 0 Å². The van der Waals surface area contributed by atoms with Gasteiger partial charge in [0.25, 0.3) is 0 Å². The van der Waals surface area contributed by atoms with Gasteiger partial charge in [-0.15, -0.1) is 0 Å². The van der Waals surface area contributed by atoms with Crippen LogP contribution in [0.25, 0.3) is 0 Å². The molecule has 2 N–H and O–H groups in total. The lowest BCUT2D eigenvalue weighted by Crippen LogP contribution is -2.23. The zero-order valence-corrected chi connectivity index (χ0v) is 10.9. The van der Waals surface area contributed by atoms with Crippen LogP contribution in [0.2, 0.25) is 0 Å². The molecule has 6 nitrogen and oxygen atoms in total. The minimum Gasteiger partial charge on any atom is -0.492 e. The second-order valence-corrected chi connectivity index (χ2v) is 4.60. The number of ether oxygens (including phenoxy) is 1. The highest BCUT2D eigenvalue weighted by atomic mass is 16.5. The number of aromatic nitrogens is 1. The number of hydrogen-bond donors (Lipinski definition) is 2. The van der Waals surface area contributed by atoms with Gasteiger partial charge in [0.05, 0.1) is 5.69 Å². The SMILES string of the molecule is O=C(O)c1ncccc1NC(=O)C1COc2ccccc21. The molecule has 1 unspecified atom stereocenters. The number of rotatable bonds is 3. The molecule has 0 bridgehead atoms. The molecule has 1 atom stereocenters. The minimum absolute atomic E-state index is 0.180. The van der Waals surface area contributed by atoms with E-state index in [2.05, 4.69) is 10.3 Å². The van der Waals surface area contributed by atoms with Crippen molar-refractivity contribution in [3.63, 3.8) is 0 Å². The quantitative estimate of drug-likeness (QED) is 0.898. The van der Waals surface area contributed by atoms with Gasteiger partial charge in [0.2, 0.25) is 5.91 Å². The number of aromatic carboxylic acids is 1. The Kier molecular flexibility index (Phi) is 3.27. The van der Waals surface area contributed by atoms with Gasteiger partial charge < -0.3 is 15.2 Å². The molecule has 0 saturated heterocycles. The molecule has 0 radical (unpaired) electrons. The van der Waals surface area contributed by atoms with Crippen LogP contribution in [-0.4, -0.2) is 28.6 Å². The van der Waals surface area contributed by atoms with E-state index < -0.39 is 11.9 Å². The fourth-order valence-electron chi connectivity index (χ4n) is 2.28. The topological polar surface area (TPSA) is 88.5 Å². The summed E-state index contributed by atoms with van der Waals surface area (Å²) in [4.78, 5) is 27.2. The maximum atomic E-state index is 12.3. The van der Waals surface area contributed by atoms with Gasteiger partial charge in [0, 0.05) is 11.8 Å². The second kappa shape index (κ2) is 5.24. The number of amides is 1. The Morgan fingerprint density at radius 1 is 1.24 bits per heavy atom. The third-order valence-corrected chi connectivity index (χ3v) is 3.28. The predicted octanol–water partition coefficient (Wildman–Crippen LogP) is 1.89. The molecule has 0 fully saturated rings. The van der Waals surface area contributed by atoms with Crippen molar-refractivity contribution in [2.45, 2.75) is 5.92 Å². The van der Waals surface area contributed by atoms with Gasteiger partial charge in [-0.05, 0) is 18.2 Å². The first-order valence-electron chi connectivity index (χ1n) is 6.37. The van der Waals surface area contributed by atoms with Crippen LogP contribution in [0.3, 0.4) is 0 Å². The Balaban J connectivity index is 1.84. The zero-order valence-electron chi connectivity index (χ0n) is 10.9. The maximum absolute atomic E-state index is 12.3. The normalized spacial score (nSPS) is 15.9. The number of nitrogens with one attached hydrogen (secondary N) is 1. The van der Waals surface area contributed by atoms with E-state index in [0.29, 0.717) is 5.75 Å².